The number of benzene rings is 3. The normalized spacial score (nSPS) is 23.6. The Morgan fingerprint density at radius 3 is 2.42 bits per heavy atom. The highest BCUT2D eigenvalue weighted by atomic mass is 16.5. The first-order valence-corrected chi connectivity index (χ1v) is 15.8. The van der Waals surface area contributed by atoms with Crippen molar-refractivity contribution in [3.63, 3.8) is 0 Å². The molecule has 1 amide bonds. The van der Waals surface area contributed by atoms with Gasteiger partial charge in [-0.2, -0.15) is 0 Å². The molecule has 250 valence electrons. The molecule has 1 fully saturated rings. The van der Waals surface area contributed by atoms with Gasteiger partial charge in [-0.05, 0) is 86.3 Å². The van der Waals surface area contributed by atoms with E-state index in [4.69, 9.17) is 10.5 Å². The van der Waals surface area contributed by atoms with E-state index in [9.17, 15) is 34.8 Å². The second-order valence-corrected chi connectivity index (χ2v) is 12.9. The highest BCUT2D eigenvalue weighted by molar-refractivity contribution is 6.24. The lowest BCUT2D eigenvalue weighted by molar-refractivity contribution is -0.153. The number of nitrogens with one attached hydrogen (secondary N) is 1. The van der Waals surface area contributed by atoms with Crippen molar-refractivity contribution in [2.75, 3.05) is 27.7 Å². The summed E-state index contributed by atoms with van der Waals surface area (Å²) in [5.74, 6) is -6.33. The number of Topliss-reactive ketones (excluding diaryl/α,β-unsaturated/α-hetero) is 2. The van der Waals surface area contributed by atoms with Crippen molar-refractivity contribution in [2.45, 2.75) is 37.5 Å². The smallest absolute Gasteiger partial charge is 0.255 e. The molecule has 48 heavy (non-hydrogen) atoms. The van der Waals surface area contributed by atoms with Gasteiger partial charge in [0.25, 0.3) is 5.91 Å². The van der Waals surface area contributed by atoms with Gasteiger partial charge in [0.2, 0.25) is 5.78 Å². The number of likely N-dealkylation sites (N-methyl/N-ethyl adjacent to an activating group) is 1. The Bertz CT molecular complexity index is 1880. The number of ketones is 2. The summed E-state index contributed by atoms with van der Waals surface area (Å²) in [6.07, 6.45) is 1.04. The zero-order valence-corrected chi connectivity index (χ0v) is 27.0. The number of aliphatic hydroxyl groups is 3. The highest BCUT2D eigenvalue weighted by Gasteiger charge is 2.64. The number of aliphatic hydroxyl groups excluding tert-OH is 2. The Labute approximate surface area is 278 Å². The van der Waals surface area contributed by atoms with E-state index in [0.29, 0.717) is 23.4 Å². The van der Waals surface area contributed by atoms with Gasteiger partial charge in [-0.3, -0.25) is 19.3 Å². The van der Waals surface area contributed by atoms with E-state index in [1.54, 1.807) is 27.3 Å². The lowest BCUT2D eigenvalue weighted by Gasteiger charge is -2.50. The van der Waals surface area contributed by atoms with Crippen LogP contribution in [0.4, 0.5) is 0 Å². The molecular weight excluding hydrogens is 614 g/mol. The third-order valence-electron chi connectivity index (χ3n) is 9.92. The average molecular weight is 654 g/mol. The molecule has 6 rings (SSSR count). The summed E-state index contributed by atoms with van der Waals surface area (Å²) in [7, 11) is 4.69. The van der Waals surface area contributed by atoms with Crippen LogP contribution in [-0.4, -0.2) is 82.2 Å². The van der Waals surface area contributed by atoms with Crippen molar-refractivity contribution in [1.29, 1.82) is 0 Å². The number of amides is 1. The number of phenols is 1. The van der Waals surface area contributed by atoms with Crippen LogP contribution < -0.4 is 15.8 Å². The van der Waals surface area contributed by atoms with Gasteiger partial charge in [0.15, 0.2) is 11.4 Å². The number of ether oxygens (including phenoxy) is 1. The van der Waals surface area contributed by atoms with Crippen LogP contribution in [0.2, 0.25) is 0 Å². The Morgan fingerprint density at radius 2 is 1.75 bits per heavy atom. The van der Waals surface area contributed by atoms with Crippen LogP contribution in [0.25, 0.3) is 16.9 Å². The lowest BCUT2D eigenvalue weighted by Crippen LogP contribution is -2.65. The number of hydrogen-bond acceptors (Lipinski definition) is 10. The third kappa shape index (κ3) is 5.24. The number of nitrogens with zero attached hydrogens (tertiary/aromatic N) is 1. The van der Waals surface area contributed by atoms with Gasteiger partial charge in [-0.25, -0.2) is 0 Å². The van der Waals surface area contributed by atoms with Crippen LogP contribution in [0.3, 0.4) is 0 Å². The van der Waals surface area contributed by atoms with E-state index in [1.165, 1.54) is 16.5 Å². The number of aromatic hydroxyl groups is 1. The summed E-state index contributed by atoms with van der Waals surface area (Å²) >= 11 is 0. The van der Waals surface area contributed by atoms with Crippen LogP contribution in [0, 0.1) is 11.8 Å². The topological polar surface area (TPSA) is 183 Å². The average Bonchev–Trinajstić information content (AvgIpc) is 3.05. The second kappa shape index (κ2) is 12.6. The van der Waals surface area contributed by atoms with E-state index in [1.807, 2.05) is 36.4 Å². The number of methoxy groups -OCH3 is 1. The lowest BCUT2D eigenvalue weighted by atomic mass is 9.57. The fourth-order valence-corrected chi connectivity index (χ4v) is 7.68. The molecule has 3 aromatic carbocycles. The molecule has 0 bridgehead atoms. The first-order valence-electron chi connectivity index (χ1n) is 15.8. The molecule has 3 aliphatic carbocycles. The van der Waals surface area contributed by atoms with Crippen molar-refractivity contribution in [3.8, 4) is 22.6 Å². The van der Waals surface area contributed by atoms with Crippen molar-refractivity contribution < 1.29 is 39.5 Å². The summed E-state index contributed by atoms with van der Waals surface area (Å²) in [6.45, 7) is 1.35. The van der Waals surface area contributed by atoms with Crippen molar-refractivity contribution in [1.82, 2.24) is 10.2 Å². The fraction of sp³-hybridized carbons (Fsp3) is 0.324. The van der Waals surface area contributed by atoms with E-state index in [0.717, 1.165) is 24.1 Å². The Hall–Kier alpha value is -4.97. The minimum absolute atomic E-state index is 0.00334. The Balaban J connectivity index is 1.40. The zero-order chi connectivity index (χ0) is 34.5. The summed E-state index contributed by atoms with van der Waals surface area (Å²) < 4.78 is 5.73. The first kappa shape index (κ1) is 33.0. The molecule has 3 aliphatic rings. The summed E-state index contributed by atoms with van der Waals surface area (Å²) in [5.41, 5.74) is 5.88. The van der Waals surface area contributed by atoms with Crippen molar-refractivity contribution in [2.24, 2.45) is 17.6 Å². The van der Waals surface area contributed by atoms with E-state index in [2.05, 4.69) is 17.4 Å². The largest absolute Gasteiger partial charge is 0.508 e. The summed E-state index contributed by atoms with van der Waals surface area (Å²) in [4.78, 5) is 41.3. The first-order chi connectivity index (χ1) is 22.9. The highest BCUT2D eigenvalue weighted by Crippen LogP contribution is 2.54. The summed E-state index contributed by atoms with van der Waals surface area (Å²) in [5, 5.41) is 49.1. The maximum Gasteiger partial charge on any atom is 0.255 e. The van der Waals surface area contributed by atoms with Crippen LogP contribution in [0.1, 0.15) is 28.7 Å². The fourth-order valence-electron chi connectivity index (χ4n) is 7.68. The predicted octanol–water partition coefficient (Wildman–Crippen LogP) is 2.97. The number of phenolic OH excluding ortho intramolecular Hbond substituents is 1. The number of rotatable bonds is 9. The molecule has 4 atom stereocenters. The molecule has 11 heteroatoms. The van der Waals surface area contributed by atoms with Gasteiger partial charge >= 0.3 is 0 Å². The second-order valence-electron chi connectivity index (χ2n) is 12.9. The van der Waals surface area contributed by atoms with Crippen molar-refractivity contribution >= 4 is 23.2 Å². The number of carbonyl (C=O) groups is 3. The molecule has 3 aromatic rings. The van der Waals surface area contributed by atoms with E-state index < -0.39 is 58.0 Å². The molecule has 7 N–H and O–H groups in total. The summed E-state index contributed by atoms with van der Waals surface area (Å²) in [6, 6.07) is 18.0. The van der Waals surface area contributed by atoms with Gasteiger partial charge in [-0.15, -0.1) is 0 Å². The minimum Gasteiger partial charge on any atom is -0.508 e. The van der Waals surface area contributed by atoms with E-state index >= 15 is 0 Å². The maximum atomic E-state index is 14.2. The third-order valence-corrected chi connectivity index (χ3v) is 9.92. The SMILES string of the molecule is COc1ccc(CNCCc2ccccc2)cc1-c1ccc(O)c2c1C[C@H]1C[C@H]3[C@H](N(C)C)C(=O)C(C(N)=O)=C(O)[C@@]3(O)C(=O)C1=C2O. The number of primary amides is 1. The van der Waals surface area contributed by atoms with Gasteiger partial charge in [-0.1, -0.05) is 42.5 Å². The maximum absolute atomic E-state index is 14.2. The minimum atomic E-state index is -2.69. The van der Waals surface area contributed by atoms with Crippen LogP contribution >= 0.6 is 0 Å². The number of carbonyl (C=O) groups excluding carboxylic acids is 3. The molecule has 0 unspecified atom stereocenters. The Kier molecular flexibility index (Phi) is 8.63. The van der Waals surface area contributed by atoms with Gasteiger partial charge in [0, 0.05) is 23.6 Å². The van der Waals surface area contributed by atoms with Gasteiger partial charge < -0.3 is 36.2 Å². The van der Waals surface area contributed by atoms with Crippen molar-refractivity contribution in [3.05, 3.63) is 99.8 Å². The number of hydrogen-bond donors (Lipinski definition) is 6. The predicted molar refractivity (Wildman–Crippen MR) is 178 cm³/mol. The molecule has 1 saturated carbocycles. The van der Waals surface area contributed by atoms with Crippen LogP contribution in [0.5, 0.6) is 11.5 Å². The monoisotopic (exact) mass is 653 g/mol. The molecule has 0 radical (unpaired) electrons. The van der Waals surface area contributed by atoms with E-state index in [-0.39, 0.29) is 29.7 Å². The number of fused-ring (bicyclic) bond motifs is 3. The van der Waals surface area contributed by atoms with Crippen LogP contribution in [0.15, 0.2) is 77.6 Å². The molecule has 0 heterocycles. The standard InChI is InChI=1S/C37H39N3O8/c1-40(2)31-25-17-21-16-24-22(23-15-20(9-12-27(23)48-3)18-39-14-13-19-7-5-4-6-8-19)10-11-26(41)29(24)32(42)28(21)34(44)37(25,47)35(45)30(33(31)43)36(38)46/h4-12,15,21,25,31,39,41-42,45,47H,13-14,16-18H2,1-3H3,(H2,38,46)/t21-,25-,31-,37-/m0/s1. The molecule has 0 saturated heterocycles. The Morgan fingerprint density at radius 1 is 1.02 bits per heavy atom. The molecule has 0 spiro atoms. The van der Waals surface area contributed by atoms with Gasteiger partial charge in [0.1, 0.15) is 28.6 Å². The van der Waals surface area contributed by atoms with Crippen LogP contribution in [-0.2, 0) is 33.8 Å². The molecule has 11 nitrogen and oxygen atoms in total. The molecule has 0 aliphatic heterocycles. The van der Waals surface area contributed by atoms with Gasteiger partial charge in [0.05, 0.1) is 18.7 Å². The number of nitrogens with two attached hydrogens (primary N) is 1. The molecule has 0 aromatic heterocycles. The quantitative estimate of drug-likeness (QED) is 0.148. The zero-order valence-electron chi connectivity index (χ0n) is 27.0. The molecular formula is C37H39N3O8.